The van der Waals surface area contributed by atoms with Gasteiger partial charge in [-0.15, -0.1) is 0 Å². The molecule has 4 rings (SSSR count). The van der Waals surface area contributed by atoms with Crippen molar-refractivity contribution in [3.63, 3.8) is 0 Å². The zero-order valence-electron chi connectivity index (χ0n) is 27.1. The van der Waals surface area contributed by atoms with Gasteiger partial charge in [0.2, 0.25) is 0 Å². The van der Waals surface area contributed by atoms with E-state index in [2.05, 4.69) is 32.8 Å². The van der Waals surface area contributed by atoms with E-state index in [1.54, 1.807) is 38.5 Å². The summed E-state index contributed by atoms with van der Waals surface area (Å²) < 4.78 is 6.65. The van der Waals surface area contributed by atoms with Crippen LogP contribution in [0.15, 0.2) is 0 Å². The van der Waals surface area contributed by atoms with Crippen LogP contribution in [-0.2, 0) is 4.74 Å². The summed E-state index contributed by atoms with van der Waals surface area (Å²) in [7, 11) is 4.42. The van der Waals surface area contributed by atoms with Gasteiger partial charge in [0.25, 0.3) is 0 Å². The summed E-state index contributed by atoms with van der Waals surface area (Å²) in [5.41, 5.74) is 0.222. The van der Waals surface area contributed by atoms with E-state index < -0.39 is 0 Å². The summed E-state index contributed by atoms with van der Waals surface area (Å²) in [5.74, 6) is 7.60. The molecule has 1 aliphatic heterocycles. The van der Waals surface area contributed by atoms with Crippen molar-refractivity contribution in [3.05, 3.63) is 0 Å². The maximum atomic E-state index is 6.65. The molecule has 0 aromatic heterocycles. The molecule has 4 aliphatic rings. The molecule has 8 atom stereocenters. The van der Waals surface area contributed by atoms with Crippen LogP contribution in [0.1, 0.15) is 162 Å². The Morgan fingerprint density at radius 2 is 1.15 bits per heavy atom. The van der Waals surface area contributed by atoms with Crippen molar-refractivity contribution in [2.45, 2.75) is 167 Å². The molecule has 0 amide bonds. The van der Waals surface area contributed by atoms with Gasteiger partial charge < -0.3 is 9.64 Å². The smallest absolute Gasteiger partial charge is 0.0686 e. The summed E-state index contributed by atoms with van der Waals surface area (Å²) >= 11 is 0. The van der Waals surface area contributed by atoms with Crippen LogP contribution in [0.25, 0.3) is 0 Å². The molecule has 2 heteroatoms. The molecule has 0 N–H and O–H groups in total. The minimum atomic E-state index is 0.222. The summed E-state index contributed by atoms with van der Waals surface area (Å²) in [5, 5.41) is 0. The van der Waals surface area contributed by atoms with E-state index in [9.17, 15) is 0 Å². The second kappa shape index (κ2) is 16.5. The lowest BCUT2D eigenvalue weighted by Gasteiger charge is -2.29. The number of unbranched alkanes of at least 4 members (excludes halogenated alkanes) is 10. The van der Waals surface area contributed by atoms with Gasteiger partial charge in [-0.3, -0.25) is 0 Å². The molecule has 8 unspecified atom stereocenters. The molecule has 0 aromatic carbocycles. The molecule has 228 valence electrons. The van der Waals surface area contributed by atoms with Gasteiger partial charge in [-0.25, -0.2) is 0 Å². The largest absolute Gasteiger partial charge is 0.375 e. The maximum absolute atomic E-state index is 6.65. The fraction of sp³-hybridized carbons (Fsp3) is 1.00. The van der Waals surface area contributed by atoms with Crippen LogP contribution in [0, 0.1) is 41.4 Å². The molecule has 0 bridgehead atoms. The predicted molar refractivity (Wildman–Crippen MR) is 169 cm³/mol. The summed E-state index contributed by atoms with van der Waals surface area (Å²) in [4.78, 5) is 2.34. The molecule has 2 nitrogen and oxygen atoms in total. The number of nitrogens with zero attached hydrogens (tertiary/aromatic N) is 1. The van der Waals surface area contributed by atoms with Crippen molar-refractivity contribution in [1.29, 1.82) is 0 Å². The van der Waals surface area contributed by atoms with Crippen molar-refractivity contribution in [3.8, 4) is 0 Å². The van der Waals surface area contributed by atoms with Gasteiger partial charge in [-0.05, 0) is 120 Å². The number of rotatable bonds is 24. The summed E-state index contributed by atoms with van der Waals surface area (Å²) in [6, 6.07) is 0. The Hall–Kier alpha value is -0.0800. The number of ether oxygens (including phenoxy) is 1. The van der Waals surface area contributed by atoms with E-state index in [1.807, 2.05) is 0 Å². The summed E-state index contributed by atoms with van der Waals surface area (Å²) in [6.45, 7) is 6.94. The third-order valence-electron chi connectivity index (χ3n) is 11.7. The van der Waals surface area contributed by atoms with Crippen LogP contribution in [0.4, 0.5) is 0 Å². The predicted octanol–water partition coefficient (Wildman–Crippen LogP) is 10.7. The van der Waals surface area contributed by atoms with Gasteiger partial charge in [-0.1, -0.05) is 104 Å². The third-order valence-corrected chi connectivity index (χ3v) is 11.7. The SMILES string of the molecule is CCCCCCCCC1(CCCCCCCCC2CC2CC2CC2CC2CC2CC)CC(CCN(C)C)CO1. The quantitative estimate of drug-likeness (QED) is 0.112. The Balaban J connectivity index is 1.00. The second-order valence-electron chi connectivity index (χ2n) is 15.5. The van der Waals surface area contributed by atoms with E-state index >= 15 is 0 Å². The van der Waals surface area contributed by atoms with Crippen molar-refractivity contribution in [1.82, 2.24) is 4.90 Å². The topological polar surface area (TPSA) is 12.5 Å². The Morgan fingerprint density at radius 3 is 1.77 bits per heavy atom. The molecule has 0 radical (unpaired) electrons. The van der Waals surface area contributed by atoms with Crippen LogP contribution < -0.4 is 0 Å². The second-order valence-corrected chi connectivity index (χ2v) is 15.5. The maximum Gasteiger partial charge on any atom is 0.0686 e. The van der Waals surface area contributed by atoms with Crippen LogP contribution in [0.2, 0.25) is 0 Å². The summed E-state index contributed by atoms with van der Waals surface area (Å²) in [6.07, 6.45) is 33.4. The van der Waals surface area contributed by atoms with E-state index in [-0.39, 0.29) is 5.60 Å². The van der Waals surface area contributed by atoms with Crippen LogP contribution in [0.5, 0.6) is 0 Å². The normalized spacial score (nSPS) is 35.2. The Morgan fingerprint density at radius 1 is 0.615 bits per heavy atom. The third kappa shape index (κ3) is 11.6. The highest BCUT2D eigenvalue weighted by molar-refractivity contribution is 4.98. The highest BCUT2D eigenvalue weighted by Gasteiger charge is 2.48. The van der Waals surface area contributed by atoms with Gasteiger partial charge in [0.15, 0.2) is 0 Å². The first-order chi connectivity index (χ1) is 19.0. The highest BCUT2D eigenvalue weighted by atomic mass is 16.5. The van der Waals surface area contributed by atoms with Crippen molar-refractivity contribution >= 4 is 0 Å². The zero-order chi connectivity index (χ0) is 27.5. The molecule has 0 aromatic rings. The van der Waals surface area contributed by atoms with Gasteiger partial charge in [0.1, 0.15) is 0 Å². The van der Waals surface area contributed by atoms with E-state index in [4.69, 9.17) is 4.74 Å². The van der Waals surface area contributed by atoms with Crippen LogP contribution in [0.3, 0.4) is 0 Å². The molecular formula is C37H69NO. The zero-order valence-corrected chi connectivity index (χ0v) is 27.1. The lowest BCUT2D eigenvalue weighted by atomic mass is 9.83. The van der Waals surface area contributed by atoms with E-state index in [1.165, 1.54) is 116 Å². The Labute approximate surface area is 245 Å². The Bertz CT molecular complexity index is 662. The van der Waals surface area contributed by atoms with E-state index in [0.717, 1.165) is 48.0 Å². The van der Waals surface area contributed by atoms with Gasteiger partial charge in [0.05, 0.1) is 12.2 Å². The van der Waals surface area contributed by atoms with Gasteiger partial charge in [-0.2, -0.15) is 0 Å². The molecule has 1 heterocycles. The average molecular weight is 544 g/mol. The highest BCUT2D eigenvalue weighted by Crippen LogP contribution is 2.58. The minimum absolute atomic E-state index is 0.222. The first-order valence-electron chi connectivity index (χ1n) is 18.3. The molecule has 1 saturated heterocycles. The van der Waals surface area contributed by atoms with E-state index in [0.29, 0.717) is 0 Å². The first-order valence-corrected chi connectivity index (χ1v) is 18.3. The van der Waals surface area contributed by atoms with Gasteiger partial charge >= 0.3 is 0 Å². The van der Waals surface area contributed by atoms with Crippen molar-refractivity contribution < 1.29 is 4.74 Å². The fourth-order valence-electron chi connectivity index (χ4n) is 8.54. The molecule has 4 fully saturated rings. The number of hydrogen-bond acceptors (Lipinski definition) is 2. The molecular weight excluding hydrogens is 474 g/mol. The monoisotopic (exact) mass is 544 g/mol. The lowest BCUT2D eigenvalue weighted by molar-refractivity contribution is -0.0142. The average Bonchev–Trinajstić information content (AvgIpc) is 3.88. The minimum Gasteiger partial charge on any atom is -0.375 e. The molecule has 3 saturated carbocycles. The standard InChI is InChI=1S/C37H69NO/c1-5-7-8-9-13-16-20-37(28-30(29-39-37)19-22-38(3)4)21-17-14-11-10-12-15-18-32-24-34(32)26-36-27-35(36)25-33-23-31(33)6-2/h30-36H,5-29H2,1-4H3. The molecule has 0 spiro atoms. The lowest BCUT2D eigenvalue weighted by Crippen LogP contribution is -2.28. The van der Waals surface area contributed by atoms with Crippen LogP contribution >= 0.6 is 0 Å². The molecule has 39 heavy (non-hydrogen) atoms. The van der Waals surface area contributed by atoms with Crippen molar-refractivity contribution in [2.75, 3.05) is 27.2 Å². The first kappa shape index (κ1) is 31.8. The fourth-order valence-corrected chi connectivity index (χ4v) is 8.54. The van der Waals surface area contributed by atoms with Crippen molar-refractivity contribution in [2.24, 2.45) is 41.4 Å². The Kier molecular flexibility index (Phi) is 13.5. The molecule has 3 aliphatic carbocycles. The van der Waals surface area contributed by atoms with Gasteiger partial charge in [0, 0.05) is 0 Å². The van der Waals surface area contributed by atoms with Crippen LogP contribution in [-0.4, -0.2) is 37.7 Å². The number of hydrogen-bond donors (Lipinski definition) is 0.